The fourth-order valence-electron chi connectivity index (χ4n) is 5.07. The second-order valence-electron chi connectivity index (χ2n) is 9.87. The van der Waals surface area contributed by atoms with Crippen LogP contribution in [0.1, 0.15) is 59.5 Å². The van der Waals surface area contributed by atoms with Gasteiger partial charge in [-0.2, -0.15) is 0 Å². The normalized spacial score (nSPS) is 13.6. The van der Waals surface area contributed by atoms with Crippen molar-refractivity contribution in [2.45, 2.75) is 44.6 Å². The quantitative estimate of drug-likeness (QED) is 0.286. The van der Waals surface area contributed by atoms with Crippen LogP contribution in [-0.4, -0.2) is 23.1 Å². The Morgan fingerprint density at radius 2 is 1.39 bits per heavy atom. The summed E-state index contributed by atoms with van der Waals surface area (Å²) in [4.78, 5) is 15.5. The number of hydrogen-bond acceptors (Lipinski definition) is 4. The van der Waals surface area contributed by atoms with E-state index in [2.05, 4.69) is 24.3 Å². The molecule has 5 rings (SSSR count). The molecule has 0 heterocycles. The van der Waals surface area contributed by atoms with Gasteiger partial charge < -0.3 is 19.7 Å². The highest BCUT2D eigenvalue weighted by Gasteiger charge is 2.21. The number of benzene rings is 4. The third-order valence-electron chi connectivity index (χ3n) is 7.23. The molecule has 4 aromatic rings. The molecule has 0 aliphatic heterocycles. The zero-order chi connectivity index (χ0) is 26.3. The summed E-state index contributed by atoms with van der Waals surface area (Å²) in [5.74, 6) is 1.87. The highest BCUT2D eigenvalue weighted by atomic mass is 16.5. The third kappa shape index (κ3) is 6.33. The Morgan fingerprint density at radius 1 is 0.763 bits per heavy atom. The summed E-state index contributed by atoms with van der Waals surface area (Å²) < 4.78 is 5.88. The Kier molecular flexibility index (Phi) is 8.22. The third-order valence-corrected chi connectivity index (χ3v) is 7.23. The first-order valence-corrected chi connectivity index (χ1v) is 13.3. The van der Waals surface area contributed by atoms with Crippen molar-refractivity contribution in [3.8, 4) is 11.5 Å². The second kappa shape index (κ2) is 12.1. The molecule has 0 aromatic heterocycles. The largest absolute Gasteiger partial charge is 0.488 e. The highest BCUT2D eigenvalue weighted by Crippen LogP contribution is 2.33. The van der Waals surface area contributed by atoms with E-state index in [4.69, 9.17) is 4.74 Å². The Balaban J connectivity index is 1.37. The molecule has 2 N–H and O–H groups in total. The fraction of sp³-hybridized carbons (Fsp3) is 0.219. The van der Waals surface area contributed by atoms with Crippen LogP contribution >= 0.6 is 0 Å². The van der Waals surface area contributed by atoms with Gasteiger partial charge in [-0.05, 0) is 83.9 Å². The van der Waals surface area contributed by atoms with E-state index in [0.717, 1.165) is 11.3 Å². The van der Waals surface area contributed by atoms with E-state index in [-0.39, 0.29) is 5.91 Å². The minimum atomic E-state index is -1.56. The van der Waals surface area contributed by atoms with Crippen molar-refractivity contribution >= 4 is 24.2 Å². The first kappa shape index (κ1) is 25.8. The molecule has 0 spiro atoms. The molecule has 5 nitrogen and oxygen atoms in total. The molecule has 4 aromatic carbocycles. The first-order valence-electron chi connectivity index (χ1n) is 13.3. The Labute approximate surface area is 224 Å². The first-order chi connectivity index (χ1) is 18.6. The summed E-state index contributed by atoms with van der Waals surface area (Å²) in [5.41, 5.74) is 4.01. The van der Waals surface area contributed by atoms with Crippen LogP contribution in [0.25, 0.3) is 0 Å². The molecular formula is C32H32BNO4. The lowest BCUT2D eigenvalue weighted by Crippen LogP contribution is -2.32. The lowest BCUT2D eigenvalue weighted by atomic mass is 9.80. The minimum Gasteiger partial charge on any atom is -0.457 e. The molecular weight excluding hydrogens is 473 g/mol. The van der Waals surface area contributed by atoms with Crippen LogP contribution in [0.15, 0.2) is 103 Å². The molecule has 0 bridgehead atoms. The van der Waals surface area contributed by atoms with Crippen LogP contribution in [0.4, 0.5) is 5.69 Å². The average molecular weight is 505 g/mol. The maximum Gasteiger partial charge on any atom is 0.488 e. The summed E-state index contributed by atoms with van der Waals surface area (Å²) in [7, 11) is -1.56. The molecule has 1 aliphatic carbocycles. The maximum absolute atomic E-state index is 13.7. The Bertz CT molecular complexity index is 1320. The lowest BCUT2D eigenvalue weighted by Gasteiger charge is -2.25. The predicted octanol–water partition coefficient (Wildman–Crippen LogP) is 6.05. The number of carbonyl (C=O) groups is 1. The number of ether oxygens (including phenoxy) is 1. The number of rotatable bonds is 8. The van der Waals surface area contributed by atoms with Crippen molar-refractivity contribution in [1.29, 1.82) is 0 Å². The minimum absolute atomic E-state index is 0.148. The van der Waals surface area contributed by atoms with Crippen molar-refractivity contribution in [2.75, 3.05) is 4.90 Å². The van der Waals surface area contributed by atoms with Gasteiger partial charge >= 0.3 is 7.12 Å². The van der Waals surface area contributed by atoms with Crippen LogP contribution in [0.3, 0.4) is 0 Å². The summed E-state index contributed by atoms with van der Waals surface area (Å²) in [5, 5.41) is 19.0. The summed E-state index contributed by atoms with van der Waals surface area (Å²) in [6.45, 7) is 0.396. The molecule has 0 atom stereocenters. The van der Waals surface area contributed by atoms with E-state index in [9.17, 15) is 14.8 Å². The predicted molar refractivity (Wildman–Crippen MR) is 152 cm³/mol. The second-order valence-corrected chi connectivity index (χ2v) is 9.87. The van der Waals surface area contributed by atoms with Gasteiger partial charge in [-0.25, -0.2) is 0 Å². The van der Waals surface area contributed by atoms with Gasteiger partial charge in [0.05, 0.1) is 6.54 Å². The van der Waals surface area contributed by atoms with E-state index in [0.29, 0.717) is 34.9 Å². The fourth-order valence-corrected chi connectivity index (χ4v) is 5.07. The number of nitrogens with zero attached hydrogens (tertiary/aromatic N) is 1. The smallest absolute Gasteiger partial charge is 0.457 e. The van der Waals surface area contributed by atoms with Crippen molar-refractivity contribution in [1.82, 2.24) is 0 Å². The Hall–Kier alpha value is -3.87. The molecule has 1 aliphatic rings. The van der Waals surface area contributed by atoms with Crippen LogP contribution < -0.4 is 15.1 Å². The zero-order valence-corrected chi connectivity index (χ0v) is 21.4. The van der Waals surface area contributed by atoms with Crippen molar-refractivity contribution in [3.05, 3.63) is 120 Å². The van der Waals surface area contributed by atoms with Gasteiger partial charge in [-0.15, -0.1) is 0 Å². The van der Waals surface area contributed by atoms with Gasteiger partial charge in [0.1, 0.15) is 11.5 Å². The molecule has 0 radical (unpaired) electrons. The van der Waals surface area contributed by atoms with Crippen molar-refractivity contribution in [3.63, 3.8) is 0 Å². The van der Waals surface area contributed by atoms with Crippen molar-refractivity contribution < 1.29 is 19.6 Å². The summed E-state index contributed by atoms with van der Waals surface area (Å²) >= 11 is 0. The molecule has 1 fully saturated rings. The lowest BCUT2D eigenvalue weighted by molar-refractivity contribution is 0.0985. The molecule has 1 amide bonds. The Morgan fingerprint density at radius 3 is 2.03 bits per heavy atom. The summed E-state index contributed by atoms with van der Waals surface area (Å²) in [6, 6.07) is 32.0. The standard InChI is InChI=1S/C32H32BNO4/c35-32(27-15-21-31(22-16-27)38-30-9-5-2-6-10-30)34(29-19-17-28(18-20-29)33(36)37)23-24-11-13-26(14-12-24)25-7-3-1-4-8-25/h2,5-6,9-22,25,36-37H,1,3-4,7-8,23H2. The van der Waals surface area contributed by atoms with E-state index in [1.807, 2.05) is 30.3 Å². The van der Waals surface area contributed by atoms with Gasteiger partial charge in [-0.1, -0.05) is 73.9 Å². The van der Waals surface area contributed by atoms with Gasteiger partial charge in [0, 0.05) is 11.3 Å². The van der Waals surface area contributed by atoms with Gasteiger partial charge in [0.15, 0.2) is 0 Å². The SMILES string of the molecule is O=C(c1ccc(Oc2ccccc2)cc1)N(Cc1ccc(C2CCCCC2)cc1)c1ccc(B(O)O)cc1. The topological polar surface area (TPSA) is 70.0 Å². The molecule has 6 heteroatoms. The van der Waals surface area contributed by atoms with Gasteiger partial charge in [-0.3, -0.25) is 4.79 Å². The summed E-state index contributed by atoms with van der Waals surface area (Å²) in [6.07, 6.45) is 6.41. The average Bonchev–Trinajstić information content (AvgIpc) is 2.97. The maximum atomic E-state index is 13.7. The number of hydrogen-bond donors (Lipinski definition) is 2. The van der Waals surface area contributed by atoms with Gasteiger partial charge in [0.2, 0.25) is 0 Å². The number of anilines is 1. The van der Waals surface area contributed by atoms with Crippen LogP contribution in [-0.2, 0) is 6.54 Å². The molecule has 0 saturated heterocycles. The number of para-hydroxylation sites is 1. The highest BCUT2D eigenvalue weighted by molar-refractivity contribution is 6.58. The van der Waals surface area contributed by atoms with E-state index < -0.39 is 7.12 Å². The number of carbonyl (C=O) groups excluding carboxylic acids is 1. The van der Waals surface area contributed by atoms with E-state index >= 15 is 0 Å². The van der Waals surface area contributed by atoms with Crippen LogP contribution in [0.5, 0.6) is 11.5 Å². The molecule has 192 valence electrons. The zero-order valence-electron chi connectivity index (χ0n) is 21.4. The molecule has 0 unspecified atom stereocenters. The van der Waals surface area contributed by atoms with Crippen molar-refractivity contribution in [2.24, 2.45) is 0 Å². The van der Waals surface area contributed by atoms with E-state index in [1.165, 1.54) is 37.7 Å². The monoisotopic (exact) mass is 505 g/mol. The number of amides is 1. The van der Waals surface area contributed by atoms with Gasteiger partial charge in [0.25, 0.3) is 5.91 Å². The molecule has 1 saturated carbocycles. The molecule has 38 heavy (non-hydrogen) atoms. The van der Waals surface area contributed by atoms with Crippen LogP contribution in [0.2, 0.25) is 0 Å². The van der Waals surface area contributed by atoms with Crippen LogP contribution in [0, 0.1) is 0 Å². The van der Waals surface area contributed by atoms with E-state index in [1.54, 1.807) is 53.4 Å².